The molecule has 0 aliphatic rings. The van der Waals surface area contributed by atoms with Crippen LogP contribution in [0.15, 0.2) is 0 Å². The Hall–Kier alpha value is -0.280. The van der Waals surface area contributed by atoms with Gasteiger partial charge >= 0.3 is 5.97 Å². The van der Waals surface area contributed by atoms with E-state index in [4.69, 9.17) is 4.74 Å². The molecule has 0 aromatic rings. The Kier molecular flexibility index (Phi) is 8.07. The van der Waals surface area contributed by atoms with Gasteiger partial charge < -0.3 is 4.74 Å². The van der Waals surface area contributed by atoms with Gasteiger partial charge in [-0.25, -0.2) is 0 Å². The number of likely N-dealkylation sites (N-methyl/N-ethyl adjacent to an activating group) is 1. The molecule has 0 rings (SSSR count). The highest BCUT2D eigenvalue weighted by Crippen LogP contribution is 2.17. The number of hydrogen-bond donors (Lipinski definition) is 0. The van der Waals surface area contributed by atoms with Crippen molar-refractivity contribution in [3.8, 4) is 0 Å². The van der Waals surface area contributed by atoms with E-state index in [0.717, 1.165) is 12.8 Å². The van der Waals surface area contributed by atoms with Gasteiger partial charge in [0.2, 0.25) is 0 Å². The minimum absolute atomic E-state index is 0. The molecule has 0 heterocycles. The topological polar surface area (TPSA) is 29.5 Å². The van der Waals surface area contributed by atoms with Crippen LogP contribution in [0.2, 0.25) is 0 Å². The predicted octanol–water partition coefficient (Wildman–Crippen LogP) is 2.48. The molecule has 0 N–H and O–H groups in total. The van der Waals surface area contributed by atoms with Crippen LogP contribution in [-0.4, -0.2) is 36.6 Å². The largest absolute Gasteiger partial charge is 0.459 e. The predicted molar refractivity (Wildman–Crippen MR) is 65.5 cm³/mol. The van der Waals surface area contributed by atoms with Crippen molar-refractivity contribution in [3.05, 3.63) is 0 Å². The van der Waals surface area contributed by atoms with Gasteiger partial charge in [0, 0.05) is 0 Å². The lowest BCUT2D eigenvalue weighted by Crippen LogP contribution is -2.39. The van der Waals surface area contributed by atoms with E-state index in [2.05, 4.69) is 6.92 Å². The van der Waals surface area contributed by atoms with Crippen LogP contribution in [0.25, 0.3) is 0 Å². The highest BCUT2D eigenvalue weighted by molar-refractivity contribution is 5.85. The lowest BCUT2D eigenvalue weighted by molar-refractivity contribution is -0.162. The molecule has 0 radical (unpaired) electrons. The van der Waals surface area contributed by atoms with Gasteiger partial charge in [0.15, 0.2) is 0 Å². The van der Waals surface area contributed by atoms with Crippen molar-refractivity contribution in [1.29, 1.82) is 0 Å². The summed E-state index contributed by atoms with van der Waals surface area (Å²) < 4.78 is 5.42. The fourth-order valence-electron chi connectivity index (χ4n) is 1.22. The molecular formula is C11H24ClNO2. The van der Waals surface area contributed by atoms with Crippen LogP contribution in [0.1, 0.15) is 40.5 Å². The molecule has 0 amide bonds. The number of esters is 1. The molecule has 0 fully saturated rings. The Labute approximate surface area is 99.6 Å². The summed E-state index contributed by atoms with van der Waals surface area (Å²) in [6.07, 6.45) is 1.93. The zero-order chi connectivity index (χ0) is 11.4. The average molecular weight is 238 g/mol. The van der Waals surface area contributed by atoms with E-state index >= 15 is 0 Å². The second-order valence-electron chi connectivity index (χ2n) is 4.57. The third-order valence-corrected chi connectivity index (χ3v) is 2.34. The first-order chi connectivity index (χ1) is 6.30. The summed E-state index contributed by atoms with van der Waals surface area (Å²) in [5.74, 6) is -0.145. The van der Waals surface area contributed by atoms with Crippen LogP contribution in [0.3, 0.4) is 0 Å². The standard InChI is InChI=1S/C11H23NO2.ClH/c1-7-8-11(3,4)14-10(13)9(2)12(5)6;/h9H,7-8H2,1-6H3;1H. The average Bonchev–Trinajstić information content (AvgIpc) is 2.01. The molecule has 1 unspecified atom stereocenters. The van der Waals surface area contributed by atoms with Crippen LogP contribution in [0.4, 0.5) is 0 Å². The molecule has 0 spiro atoms. The summed E-state index contributed by atoms with van der Waals surface area (Å²) in [6, 6.07) is -0.175. The Balaban J connectivity index is 0. The monoisotopic (exact) mass is 237 g/mol. The van der Waals surface area contributed by atoms with Crippen LogP contribution in [0, 0.1) is 0 Å². The molecule has 15 heavy (non-hydrogen) atoms. The van der Waals surface area contributed by atoms with Crippen LogP contribution >= 0.6 is 12.4 Å². The Bertz CT molecular complexity index is 193. The van der Waals surface area contributed by atoms with Crippen molar-refractivity contribution in [2.75, 3.05) is 14.1 Å². The van der Waals surface area contributed by atoms with E-state index in [1.54, 1.807) is 0 Å². The quantitative estimate of drug-likeness (QED) is 0.688. The molecule has 0 aromatic heterocycles. The molecular weight excluding hydrogens is 214 g/mol. The summed E-state index contributed by atoms with van der Waals surface area (Å²) in [4.78, 5) is 13.5. The summed E-state index contributed by atoms with van der Waals surface area (Å²) >= 11 is 0. The number of hydrogen-bond acceptors (Lipinski definition) is 3. The SMILES string of the molecule is CCCC(C)(C)OC(=O)C(C)N(C)C.Cl. The van der Waals surface area contributed by atoms with Crippen LogP contribution in [0.5, 0.6) is 0 Å². The van der Waals surface area contributed by atoms with E-state index in [0.29, 0.717) is 0 Å². The lowest BCUT2D eigenvalue weighted by Gasteiger charge is -2.28. The molecule has 0 saturated carbocycles. The normalized spacial score (nSPS) is 13.3. The van der Waals surface area contributed by atoms with Crippen molar-refractivity contribution >= 4 is 18.4 Å². The van der Waals surface area contributed by atoms with Crippen molar-refractivity contribution in [2.24, 2.45) is 0 Å². The lowest BCUT2D eigenvalue weighted by atomic mass is 10.0. The van der Waals surface area contributed by atoms with Gasteiger partial charge in [0.1, 0.15) is 11.6 Å². The smallest absolute Gasteiger partial charge is 0.323 e. The third kappa shape index (κ3) is 6.74. The molecule has 92 valence electrons. The maximum atomic E-state index is 11.6. The molecule has 0 aliphatic heterocycles. The van der Waals surface area contributed by atoms with Crippen molar-refractivity contribution in [2.45, 2.75) is 52.2 Å². The van der Waals surface area contributed by atoms with Gasteiger partial charge in [-0.15, -0.1) is 12.4 Å². The Morgan fingerprint density at radius 1 is 1.40 bits per heavy atom. The van der Waals surface area contributed by atoms with Crippen molar-refractivity contribution in [1.82, 2.24) is 4.90 Å². The Morgan fingerprint density at radius 2 is 1.87 bits per heavy atom. The molecule has 0 saturated heterocycles. The second kappa shape index (κ2) is 7.07. The van der Waals surface area contributed by atoms with E-state index in [1.807, 2.05) is 39.8 Å². The maximum Gasteiger partial charge on any atom is 0.323 e. The summed E-state index contributed by atoms with van der Waals surface area (Å²) in [5, 5.41) is 0. The first-order valence-corrected chi connectivity index (χ1v) is 5.19. The van der Waals surface area contributed by atoms with Gasteiger partial charge in [-0.2, -0.15) is 0 Å². The zero-order valence-electron chi connectivity index (χ0n) is 10.7. The van der Waals surface area contributed by atoms with Gasteiger partial charge in [-0.05, 0) is 41.3 Å². The van der Waals surface area contributed by atoms with Crippen molar-refractivity contribution in [3.63, 3.8) is 0 Å². The molecule has 3 nitrogen and oxygen atoms in total. The molecule has 4 heteroatoms. The summed E-state index contributed by atoms with van der Waals surface area (Å²) in [5.41, 5.74) is -0.337. The fourth-order valence-corrected chi connectivity index (χ4v) is 1.22. The van der Waals surface area contributed by atoms with Gasteiger partial charge in [0.25, 0.3) is 0 Å². The number of carbonyl (C=O) groups is 1. The van der Waals surface area contributed by atoms with E-state index in [1.165, 1.54) is 0 Å². The fraction of sp³-hybridized carbons (Fsp3) is 0.909. The first kappa shape index (κ1) is 17.1. The molecule has 0 aliphatic carbocycles. The number of carbonyl (C=O) groups excluding carboxylic acids is 1. The highest BCUT2D eigenvalue weighted by Gasteiger charge is 2.25. The number of nitrogens with zero attached hydrogens (tertiary/aromatic N) is 1. The molecule has 1 atom stereocenters. The zero-order valence-corrected chi connectivity index (χ0v) is 11.5. The number of rotatable bonds is 5. The molecule has 0 aromatic carbocycles. The van der Waals surface area contributed by atoms with Gasteiger partial charge in [-0.1, -0.05) is 13.3 Å². The minimum atomic E-state index is -0.337. The highest BCUT2D eigenvalue weighted by atomic mass is 35.5. The van der Waals surface area contributed by atoms with E-state index in [9.17, 15) is 4.79 Å². The van der Waals surface area contributed by atoms with Gasteiger partial charge in [-0.3, -0.25) is 9.69 Å². The maximum absolute atomic E-state index is 11.6. The summed E-state index contributed by atoms with van der Waals surface area (Å²) in [6.45, 7) is 7.85. The van der Waals surface area contributed by atoms with E-state index in [-0.39, 0.29) is 30.0 Å². The first-order valence-electron chi connectivity index (χ1n) is 5.19. The number of halogens is 1. The second-order valence-corrected chi connectivity index (χ2v) is 4.57. The van der Waals surface area contributed by atoms with Crippen LogP contribution < -0.4 is 0 Å². The van der Waals surface area contributed by atoms with Gasteiger partial charge in [0.05, 0.1) is 0 Å². The Morgan fingerprint density at radius 3 is 2.20 bits per heavy atom. The molecule has 0 bridgehead atoms. The van der Waals surface area contributed by atoms with Crippen molar-refractivity contribution < 1.29 is 9.53 Å². The third-order valence-electron chi connectivity index (χ3n) is 2.34. The summed E-state index contributed by atoms with van der Waals surface area (Å²) in [7, 11) is 3.75. The van der Waals surface area contributed by atoms with E-state index < -0.39 is 0 Å². The minimum Gasteiger partial charge on any atom is -0.459 e. The number of ether oxygens (including phenoxy) is 1. The van der Waals surface area contributed by atoms with Crippen LogP contribution in [-0.2, 0) is 9.53 Å².